The lowest BCUT2D eigenvalue weighted by Gasteiger charge is -2.18. The molecular formula is C67H110O6. The Hall–Kier alpha value is -4.19. The molecule has 0 aromatic heterocycles. The molecule has 0 aromatic rings. The van der Waals surface area contributed by atoms with E-state index in [0.717, 1.165) is 122 Å². The maximum atomic E-state index is 12.9. The Balaban J connectivity index is 4.48. The van der Waals surface area contributed by atoms with Crippen LogP contribution in [-0.2, 0) is 28.6 Å². The molecule has 6 nitrogen and oxygen atoms in total. The molecular weight excluding hydrogens is 901 g/mol. The van der Waals surface area contributed by atoms with Gasteiger partial charge < -0.3 is 14.2 Å². The number of unbranched alkanes of at least 4 members (excludes halogenated alkanes) is 22. The average Bonchev–Trinajstić information content (AvgIpc) is 3.39. The van der Waals surface area contributed by atoms with Gasteiger partial charge in [0, 0.05) is 19.3 Å². The van der Waals surface area contributed by atoms with Gasteiger partial charge >= 0.3 is 17.9 Å². The van der Waals surface area contributed by atoms with Crippen LogP contribution in [0.3, 0.4) is 0 Å². The number of hydrogen-bond donors (Lipinski definition) is 0. The van der Waals surface area contributed by atoms with Crippen molar-refractivity contribution < 1.29 is 28.6 Å². The molecule has 0 radical (unpaired) electrons. The molecule has 0 rings (SSSR count). The normalized spacial score (nSPS) is 13.0. The standard InChI is InChI=1S/C67H110O6/c1-4-7-10-13-16-19-22-25-27-29-31-32-33-34-36-37-39-42-45-48-51-54-57-60-66(69)72-63-64(62-71-65(68)59-56-53-50-47-44-41-24-21-18-15-12-9-6-3)73-67(70)61-58-55-52-49-46-43-40-38-35-30-28-26-23-20-17-14-11-8-5-2/h7,10,12,15-16,19,21,24-28,31-32,34,36,39,42,48,51,64H,4-6,8-9,11,13-14,17-18,20,22-23,29-30,33,35,37-38,40-41,43-47,49-50,52-63H2,1-3H3/b10-7-,15-12-,19-16-,24-21-,27-25-,28-26-,32-31-,36-34-,42-39-,51-48-. The largest absolute Gasteiger partial charge is 0.462 e. The number of ether oxygens (including phenoxy) is 3. The van der Waals surface area contributed by atoms with Crippen LogP contribution in [0.1, 0.15) is 265 Å². The van der Waals surface area contributed by atoms with Crippen LogP contribution in [0.2, 0.25) is 0 Å². The quantitative estimate of drug-likeness (QED) is 0.0261. The summed E-state index contributed by atoms with van der Waals surface area (Å²) in [5.41, 5.74) is 0. The molecule has 0 aliphatic heterocycles. The summed E-state index contributed by atoms with van der Waals surface area (Å²) in [5.74, 6) is -0.983. The third kappa shape index (κ3) is 58.6. The number of carbonyl (C=O) groups excluding carboxylic acids is 3. The smallest absolute Gasteiger partial charge is 0.306 e. The van der Waals surface area contributed by atoms with Crippen molar-refractivity contribution in [2.75, 3.05) is 13.2 Å². The molecule has 6 heteroatoms. The fourth-order valence-electron chi connectivity index (χ4n) is 7.93. The Morgan fingerprint density at radius 3 is 0.959 bits per heavy atom. The summed E-state index contributed by atoms with van der Waals surface area (Å²) in [4.78, 5) is 38.2. The molecule has 0 saturated carbocycles. The number of allylic oxidation sites excluding steroid dienone is 20. The van der Waals surface area contributed by atoms with Crippen LogP contribution in [0, 0.1) is 0 Å². The lowest BCUT2D eigenvalue weighted by atomic mass is 10.1. The molecule has 0 bridgehead atoms. The Bertz CT molecular complexity index is 1540. The topological polar surface area (TPSA) is 78.9 Å². The third-order valence-corrected chi connectivity index (χ3v) is 12.4. The van der Waals surface area contributed by atoms with Gasteiger partial charge in [-0.3, -0.25) is 14.4 Å². The molecule has 0 aliphatic carbocycles. The first-order chi connectivity index (χ1) is 36.0. The fourth-order valence-corrected chi connectivity index (χ4v) is 7.93. The van der Waals surface area contributed by atoms with Gasteiger partial charge in [0.05, 0.1) is 0 Å². The lowest BCUT2D eigenvalue weighted by Crippen LogP contribution is -2.30. The van der Waals surface area contributed by atoms with E-state index in [1.165, 1.54) is 96.3 Å². The Labute approximate surface area is 450 Å². The van der Waals surface area contributed by atoms with Gasteiger partial charge in [0.1, 0.15) is 13.2 Å². The van der Waals surface area contributed by atoms with Crippen molar-refractivity contribution in [3.8, 4) is 0 Å². The predicted molar refractivity (Wildman–Crippen MR) is 316 cm³/mol. The van der Waals surface area contributed by atoms with Gasteiger partial charge in [-0.25, -0.2) is 0 Å². The van der Waals surface area contributed by atoms with Gasteiger partial charge in [0.15, 0.2) is 6.10 Å². The van der Waals surface area contributed by atoms with E-state index in [2.05, 4.69) is 142 Å². The summed E-state index contributed by atoms with van der Waals surface area (Å²) < 4.78 is 16.8. The second-order valence-corrected chi connectivity index (χ2v) is 19.5. The van der Waals surface area contributed by atoms with Gasteiger partial charge in [-0.05, 0) is 122 Å². The van der Waals surface area contributed by atoms with E-state index in [9.17, 15) is 14.4 Å². The highest BCUT2D eigenvalue weighted by Crippen LogP contribution is 2.14. The van der Waals surface area contributed by atoms with Crippen LogP contribution >= 0.6 is 0 Å². The van der Waals surface area contributed by atoms with Crippen LogP contribution in [0.25, 0.3) is 0 Å². The molecule has 414 valence electrons. The first kappa shape index (κ1) is 68.8. The number of esters is 3. The van der Waals surface area contributed by atoms with E-state index in [1.54, 1.807) is 0 Å². The molecule has 0 fully saturated rings. The van der Waals surface area contributed by atoms with E-state index in [0.29, 0.717) is 19.3 Å². The van der Waals surface area contributed by atoms with Gasteiger partial charge in [-0.15, -0.1) is 0 Å². The summed E-state index contributed by atoms with van der Waals surface area (Å²) in [6, 6.07) is 0. The van der Waals surface area contributed by atoms with E-state index < -0.39 is 6.10 Å². The Kier molecular flexibility index (Phi) is 56.9. The van der Waals surface area contributed by atoms with Crippen LogP contribution in [-0.4, -0.2) is 37.2 Å². The van der Waals surface area contributed by atoms with Crippen LogP contribution in [0.4, 0.5) is 0 Å². The molecule has 73 heavy (non-hydrogen) atoms. The number of hydrogen-bond acceptors (Lipinski definition) is 6. The molecule has 0 aliphatic rings. The maximum absolute atomic E-state index is 12.9. The molecule has 0 aromatic carbocycles. The predicted octanol–water partition coefficient (Wildman–Crippen LogP) is 20.4. The zero-order valence-electron chi connectivity index (χ0n) is 47.4. The second-order valence-electron chi connectivity index (χ2n) is 19.5. The van der Waals surface area contributed by atoms with Gasteiger partial charge in [0.25, 0.3) is 0 Å². The number of rotatable bonds is 53. The second kappa shape index (κ2) is 60.4. The monoisotopic (exact) mass is 1010 g/mol. The van der Waals surface area contributed by atoms with E-state index in [4.69, 9.17) is 14.2 Å². The minimum atomic E-state index is -0.812. The zero-order valence-corrected chi connectivity index (χ0v) is 47.4. The SMILES string of the molecule is CC/C=C\C/C=C\C/C=C\C/C=C\C/C=C\C/C=C\C/C=C\CCCC(=O)OCC(COC(=O)CCCCCCC/C=C\C/C=C\CCC)OC(=O)CCCCCCCCCCC/C=C\CCCCCCCC. The first-order valence-electron chi connectivity index (χ1n) is 30.0. The van der Waals surface area contributed by atoms with Crippen molar-refractivity contribution in [2.24, 2.45) is 0 Å². The summed E-state index contributed by atoms with van der Waals surface area (Å²) in [7, 11) is 0. The van der Waals surface area contributed by atoms with E-state index >= 15 is 0 Å². The molecule has 1 unspecified atom stereocenters. The summed E-state index contributed by atoms with van der Waals surface area (Å²) in [6.07, 6.45) is 83.4. The molecule has 0 spiro atoms. The van der Waals surface area contributed by atoms with Crippen molar-refractivity contribution >= 4 is 17.9 Å². The van der Waals surface area contributed by atoms with Crippen molar-refractivity contribution in [2.45, 2.75) is 271 Å². The molecule has 0 heterocycles. The average molecular weight is 1010 g/mol. The Morgan fingerprint density at radius 2 is 0.575 bits per heavy atom. The maximum Gasteiger partial charge on any atom is 0.306 e. The third-order valence-electron chi connectivity index (χ3n) is 12.4. The fraction of sp³-hybridized carbons (Fsp3) is 0.657. The number of carbonyl (C=O) groups is 3. The zero-order chi connectivity index (χ0) is 52.9. The van der Waals surface area contributed by atoms with Crippen molar-refractivity contribution in [1.82, 2.24) is 0 Å². The van der Waals surface area contributed by atoms with Gasteiger partial charge in [0.2, 0.25) is 0 Å². The van der Waals surface area contributed by atoms with E-state index in [1.807, 2.05) is 0 Å². The van der Waals surface area contributed by atoms with Gasteiger partial charge in [-0.2, -0.15) is 0 Å². The lowest BCUT2D eigenvalue weighted by molar-refractivity contribution is -0.167. The van der Waals surface area contributed by atoms with Crippen LogP contribution in [0.5, 0.6) is 0 Å². The molecule has 1 atom stereocenters. The van der Waals surface area contributed by atoms with Crippen LogP contribution < -0.4 is 0 Å². The first-order valence-corrected chi connectivity index (χ1v) is 30.0. The minimum absolute atomic E-state index is 0.107. The summed E-state index contributed by atoms with van der Waals surface area (Å²) >= 11 is 0. The molecule has 0 amide bonds. The van der Waals surface area contributed by atoms with Crippen molar-refractivity contribution in [3.05, 3.63) is 122 Å². The Morgan fingerprint density at radius 1 is 0.288 bits per heavy atom. The summed E-state index contributed by atoms with van der Waals surface area (Å²) in [5, 5.41) is 0. The highest BCUT2D eigenvalue weighted by Gasteiger charge is 2.19. The highest BCUT2D eigenvalue weighted by atomic mass is 16.6. The van der Waals surface area contributed by atoms with Crippen molar-refractivity contribution in [3.63, 3.8) is 0 Å². The molecule has 0 N–H and O–H groups in total. The van der Waals surface area contributed by atoms with Gasteiger partial charge in [-0.1, -0.05) is 245 Å². The minimum Gasteiger partial charge on any atom is -0.462 e. The van der Waals surface area contributed by atoms with E-state index in [-0.39, 0.29) is 37.5 Å². The highest BCUT2D eigenvalue weighted by molar-refractivity contribution is 5.71. The van der Waals surface area contributed by atoms with Crippen LogP contribution in [0.15, 0.2) is 122 Å². The molecule has 0 saturated heterocycles. The van der Waals surface area contributed by atoms with Crippen molar-refractivity contribution in [1.29, 1.82) is 0 Å². The summed E-state index contributed by atoms with van der Waals surface area (Å²) in [6.45, 7) is 6.40.